The Bertz CT molecular complexity index is 1010. The fourth-order valence-electron chi connectivity index (χ4n) is 3.23. The van der Waals surface area contributed by atoms with Crippen molar-refractivity contribution in [2.75, 3.05) is 33.2 Å². The monoisotopic (exact) mass is 421 g/mol. The quantitative estimate of drug-likeness (QED) is 0.685. The maximum atomic E-state index is 12.7. The Hall–Kier alpha value is -3.10. The average molecular weight is 422 g/mol. The Kier molecular flexibility index (Phi) is 6.15. The van der Waals surface area contributed by atoms with Gasteiger partial charge in [-0.1, -0.05) is 18.2 Å². The number of nitrogens with one attached hydrogen (secondary N) is 1. The number of benzene rings is 1. The molecule has 0 saturated carbocycles. The molecule has 1 aliphatic heterocycles. The van der Waals surface area contributed by atoms with Gasteiger partial charge >= 0.3 is 0 Å². The summed E-state index contributed by atoms with van der Waals surface area (Å²) in [6.45, 7) is 3.70. The van der Waals surface area contributed by atoms with Gasteiger partial charge in [0.2, 0.25) is 0 Å². The number of pyridine rings is 1. The van der Waals surface area contributed by atoms with Crippen LogP contribution in [0.1, 0.15) is 26.4 Å². The van der Waals surface area contributed by atoms with Crippen LogP contribution >= 0.6 is 11.3 Å². The molecule has 0 bridgehead atoms. The SMILES string of the molecule is CN1CCN(C(=O)c2ccc(-c3nc(C(=O)NCc4cccnc4)cs3)cc2)CC1. The van der Waals surface area contributed by atoms with Gasteiger partial charge in [-0.25, -0.2) is 4.98 Å². The van der Waals surface area contributed by atoms with Crippen LogP contribution in [0.3, 0.4) is 0 Å². The van der Waals surface area contributed by atoms with E-state index in [-0.39, 0.29) is 11.8 Å². The largest absolute Gasteiger partial charge is 0.347 e. The summed E-state index contributed by atoms with van der Waals surface area (Å²) in [5.41, 5.74) is 2.88. The van der Waals surface area contributed by atoms with Gasteiger partial charge in [0.05, 0.1) is 0 Å². The number of carbonyl (C=O) groups is 2. The lowest BCUT2D eigenvalue weighted by Crippen LogP contribution is -2.47. The number of nitrogens with zero attached hydrogens (tertiary/aromatic N) is 4. The molecular weight excluding hydrogens is 398 g/mol. The molecule has 2 aromatic heterocycles. The molecule has 0 spiro atoms. The standard InChI is InChI=1S/C22H23N5O2S/c1-26-9-11-27(12-10-26)22(29)18-6-4-17(5-7-18)21-25-19(15-30-21)20(28)24-14-16-3-2-8-23-13-16/h2-8,13,15H,9-12,14H2,1H3,(H,24,28). The molecule has 0 aliphatic carbocycles. The fourth-order valence-corrected chi connectivity index (χ4v) is 4.04. The molecule has 1 aliphatic rings. The first-order valence-electron chi connectivity index (χ1n) is 9.81. The summed E-state index contributed by atoms with van der Waals surface area (Å²) in [5.74, 6) is -0.160. The van der Waals surface area contributed by atoms with Crippen molar-refractivity contribution in [3.05, 3.63) is 71.0 Å². The molecule has 154 valence electrons. The zero-order valence-electron chi connectivity index (χ0n) is 16.7. The van der Waals surface area contributed by atoms with Crippen molar-refractivity contribution in [3.8, 4) is 10.6 Å². The summed E-state index contributed by atoms with van der Waals surface area (Å²) in [4.78, 5) is 37.6. The summed E-state index contributed by atoms with van der Waals surface area (Å²) in [6.07, 6.45) is 3.42. The number of aromatic nitrogens is 2. The molecule has 1 aromatic carbocycles. The minimum Gasteiger partial charge on any atom is -0.347 e. The molecule has 1 N–H and O–H groups in total. The van der Waals surface area contributed by atoms with Gasteiger partial charge in [-0.3, -0.25) is 14.6 Å². The number of amides is 2. The van der Waals surface area contributed by atoms with E-state index in [1.807, 2.05) is 41.3 Å². The summed E-state index contributed by atoms with van der Waals surface area (Å²) in [5, 5.41) is 5.35. The van der Waals surface area contributed by atoms with E-state index in [2.05, 4.69) is 27.2 Å². The van der Waals surface area contributed by atoms with E-state index >= 15 is 0 Å². The highest BCUT2D eigenvalue weighted by molar-refractivity contribution is 7.13. The second-order valence-electron chi connectivity index (χ2n) is 7.25. The van der Waals surface area contributed by atoms with Crippen LogP contribution in [0.5, 0.6) is 0 Å². The third kappa shape index (κ3) is 4.72. The molecule has 7 nitrogen and oxygen atoms in total. The third-order valence-corrected chi connectivity index (χ3v) is 5.97. The van der Waals surface area contributed by atoms with Crippen molar-refractivity contribution in [3.63, 3.8) is 0 Å². The van der Waals surface area contributed by atoms with Gasteiger partial charge in [0, 0.05) is 61.6 Å². The predicted octanol–water partition coefficient (Wildman–Crippen LogP) is 2.52. The first kappa shape index (κ1) is 20.2. The molecule has 3 aromatic rings. The molecule has 1 saturated heterocycles. The van der Waals surface area contributed by atoms with E-state index in [1.54, 1.807) is 17.8 Å². The topological polar surface area (TPSA) is 78.4 Å². The Morgan fingerprint density at radius 1 is 1.10 bits per heavy atom. The number of hydrogen-bond donors (Lipinski definition) is 1. The lowest BCUT2D eigenvalue weighted by atomic mass is 10.1. The summed E-state index contributed by atoms with van der Waals surface area (Å²) in [6, 6.07) is 11.2. The lowest BCUT2D eigenvalue weighted by molar-refractivity contribution is 0.0664. The van der Waals surface area contributed by atoms with Crippen LogP contribution in [0.15, 0.2) is 54.2 Å². The van der Waals surface area contributed by atoms with Crippen LogP contribution < -0.4 is 5.32 Å². The van der Waals surface area contributed by atoms with E-state index < -0.39 is 0 Å². The van der Waals surface area contributed by atoms with Crippen LogP contribution in [-0.2, 0) is 6.54 Å². The molecule has 0 radical (unpaired) electrons. The van der Waals surface area contributed by atoms with E-state index in [1.165, 1.54) is 11.3 Å². The van der Waals surface area contributed by atoms with E-state index in [0.717, 1.165) is 42.3 Å². The third-order valence-electron chi connectivity index (χ3n) is 5.08. The molecule has 0 atom stereocenters. The second kappa shape index (κ2) is 9.15. The van der Waals surface area contributed by atoms with Gasteiger partial charge in [-0.15, -0.1) is 11.3 Å². The second-order valence-corrected chi connectivity index (χ2v) is 8.11. The van der Waals surface area contributed by atoms with E-state index in [4.69, 9.17) is 0 Å². The first-order chi connectivity index (χ1) is 14.6. The van der Waals surface area contributed by atoms with E-state index in [0.29, 0.717) is 17.8 Å². The number of piperazine rings is 1. The zero-order chi connectivity index (χ0) is 20.9. The number of thiazole rings is 1. The molecule has 30 heavy (non-hydrogen) atoms. The molecular formula is C22H23N5O2S. The molecule has 3 heterocycles. The van der Waals surface area contributed by atoms with Crippen molar-refractivity contribution in [1.29, 1.82) is 0 Å². The number of hydrogen-bond acceptors (Lipinski definition) is 6. The van der Waals surface area contributed by atoms with Crippen molar-refractivity contribution >= 4 is 23.2 Å². The number of carbonyl (C=O) groups excluding carboxylic acids is 2. The van der Waals surface area contributed by atoms with Gasteiger partial charge in [0.15, 0.2) is 0 Å². The average Bonchev–Trinajstić information content (AvgIpc) is 3.29. The maximum absolute atomic E-state index is 12.7. The Labute approximate surface area is 179 Å². The predicted molar refractivity (Wildman–Crippen MR) is 116 cm³/mol. The van der Waals surface area contributed by atoms with Crippen LogP contribution in [-0.4, -0.2) is 64.8 Å². The van der Waals surface area contributed by atoms with Crippen molar-refractivity contribution in [1.82, 2.24) is 25.1 Å². The Balaban J connectivity index is 1.38. The minimum absolute atomic E-state index is 0.0595. The molecule has 0 unspecified atom stereocenters. The van der Waals surface area contributed by atoms with Gasteiger partial charge in [0.1, 0.15) is 10.7 Å². The van der Waals surface area contributed by atoms with Crippen LogP contribution in [0.4, 0.5) is 0 Å². The summed E-state index contributed by atoms with van der Waals surface area (Å²) < 4.78 is 0. The Morgan fingerprint density at radius 3 is 2.57 bits per heavy atom. The molecule has 2 amide bonds. The Morgan fingerprint density at radius 2 is 1.87 bits per heavy atom. The molecule has 1 fully saturated rings. The van der Waals surface area contributed by atoms with Gasteiger partial charge in [-0.2, -0.15) is 0 Å². The van der Waals surface area contributed by atoms with Gasteiger partial charge in [0.25, 0.3) is 11.8 Å². The van der Waals surface area contributed by atoms with Gasteiger partial charge in [-0.05, 0) is 30.8 Å². The molecule has 8 heteroatoms. The smallest absolute Gasteiger partial charge is 0.271 e. The van der Waals surface area contributed by atoms with Gasteiger partial charge < -0.3 is 15.1 Å². The van der Waals surface area contributed by atoms with Crippen LogP contribution in [0.25, 0.3) is 10.6 Å². The molecule has 4 rings (SSSR count). The lowest BCUT2D eigenvalue weighted by Gasteiger charge is -2.32. The first-order valence-corrected chi connectivity index (χ1v) is 10.7. The minimum atomic E-state index is -0.219. The number of likely N-dealkylation sites (N-methyl/N-ethyl adjacent to an activating group) is 1. The highest BCUT2D eigenvalue weighted by atomic mass is 32.1. The highest BCUT2D eigenvalue weighted by Crippen LogP contribution is 2.24. The van der Waals surface area contributed by atoms with Crippen molar-refractivity contribution in [2.45, 2.75) is 6.54 Å². The highest BCUT2D eigenvalue weighted by Gasteiger charge is 2.20. The van der Waals surface area contributed by atoms with Crippen LogP contribution in [0.2, 0.25) is 0 Å². The summed E-state index contributed by atoms with van der Waals surface area (Å²) >= 11 is 1.41. The normalized spacial score (nSPS) is 14.5. The van der Waals surface area contributed by atoms with Crippen molar-refractivity contribution < 1.29 is 9.59 Å². The zero-order valence-corrected chi connectivity index (χ0v) is 17.6. The number of rotatable bonds is 5. The maximum Gasteiger partial charge on any atom is 0.271 e. The fraction of sp³-hybridized carbons (Fsp3) is 0.273. The van der Waals surface area contributed by atoms with Crippen molar-refractivity contribution in [2.24, 2.45) is 0 Å². The van der Waals surface area contributed by atoms with Crippen LogP contribution in [0, 0.1) is 0 Å². The summed E-state index contributed by atoms with van der Waals surface area (Å²) in [7, 11) is 2.07. The van der Waals surface area contributed by atoms with E-state index in [9.17, 15) is 9.59 Å².